The molecule has 0 saturated heterocycles. The van der Waals surface area contributed by atoms with Gasteiger partial charge in [0.25, 0.3) is 0 Å². The van der Waals surface area contributed by atoms with Crippen LogP contribution in [0.5, 0.6) is 0 Å². The number of halogens is 3. The summed E-state index contributed by atoms with van der Waals surface area (Å²) in [5.41, 5.74) is 0.218. The van der Waals surface area contributed by atoms with Crippen LogP contribution >= 0.6 is 22.9 Å². The van der Waals surface area contributed by atoms with Gasteiger partial charge in [-0.15, -0.1) is 22.9 Å². The summed E-state index contributed by atoms with van der Waals surface area (Å²) in [5.74, 6) is -0.925. The van der Waals surface area contributed by atoms with Gasteiger partial charge in [-0.05, 0) is 29.6 Å². The molecule has 16 heavy (non-hydrogen) atoms. The van der Waals surface area contributed by atoms with Gasteiger partial charge in [0.15, 0.2) is 0 Å². The van der Waals surface area contributed by atoms with Crippen LogP contribution in [0, 0.1) is 11.6 Å². The number of rotatable bonds is 3. The topological polar surface area (TPSA) is 0 Å². The van der Waals surface area contributed by atoms with Crippen molar-refractivity contribution < 1.29 is 8.78 Å². The molecule has 2 rings (SSSR count). The van der Waals surface area contributed by atoms with Gasteiger partial charge < -0.3 is 0 Å². The molecule has 0 saturated carbocycles. The van der Waals surface area contributed by atoms with Gasteiger partial charge in [-0.1, -0.05) is 6.07 Å². The maximum absolute atomic E-state index is 13.4. The maximum atomic E-state index is 13.4. The molecule has 1 aromatic carbocycles. The molecule has 0 aliphatic heterocycles. The Morgan fingerprint density at radius 1 is 1.25 bits per heavy atom. The monoisotopic (exact) mass is 258 g/mol. The summed E-state index contributed by atoms with van der Waals surface area (Å²) < 4.78 is 26.4. The average molecular weight is 259 g/mol. The number of benzene rings is 1. The van der Waals surface area contributed by atoms with Gasteiger partial charge in [0.2, 0.25) is 0 Å². The number of hydrogen-bond donors (Lipinski definition) is 0. The quantitative estimate of drug-likeness (QED) is 0.709. The molecular formula is C12H9ClF2S. The van der Waals surface area contributed by atoms with E-state index in [2.05, 4.69) is 0 Å². The first-order valence-electron chi connectivity index (χ1n) is 4.78. The number of thiophene rings is 1. The van der Waals surface area contributed by atoms with E-state index in [0.29, 0.717) is 6.42 Å². The van der Waals surface area contributed by atoms with Gasteiger partial charge in [0.05, 0.1) is 5.38 Å². The second-order valence-corrected chi connectivity index (χ2v) is 4.98. The zero-order valence-electron chi connectivity index (χ0n) is 8.29. The molecule has 1 heterocycles. The van der Waals surface area contributed by atoms with Crippen LogP contribution < -0.4 is 0 Å². The van der Waals surface area contributed by atoms with E-state index in [1.54, 1.807) is 11.3 Å². The highest BCUT2D eigenvalue weighted by Gasteiger charge is 2.15. The normalized spacial score (nSPS) is 12.7. The van der Waals surface area contributed by atoms with Gasteiger partial charge in [0.1, 0.15) is 11.6 Å². The summed E-state index contributed by atoms with van der Waals surface area (Å²) in [6, 6.07) is 7.19. The molecular weight excluding hydrogens is 250 g/mol. The molecule has 0 aliphatic carbocycles. The van der Waals surface area contributed by atoms with Crippen molar-refractivity contribution in [2.75, 3.05) is 0 Å². The van der Waals surface area contributed by atoms with Crippen molar-refractivity contribution >= 4 is 22.9 Å². The summed E-state index contributed by atoms with van der Waals surface area (Å²) in [7, 11) is 0. The molecule has 0 bridgehead atoms. The van der Waals surface area contributed by atoms with Gasteiger partial charge in [0, 0.05) is 16.9 Å². The van der Waals surface area contributed by atoms with E-state index < -0.39 is 17.0 Å². The lowest BCUT2D eigenvalue weighted by atomic mass is 10.1. The highest BCUT2D eigenvalue weighted by atomic mass is 35.5. The standard InChI is InChI=1S/C12H9ClF2S/c13-11(7-9-2-1-5-16-9)10-6-8(14)3-4-12(10)15/h1-6,11H,7H2. The van der Waals surface area contributed by atoms with E-state index in [1.165, 1.54) is 0 Å². The molecule has 2 aromatic rings. The lowest BCUT2D eigenvalue weighted by Gasteiger charge is -2.09. The predicted molar refractivity (Wildman–Crippen MR) is 63.0 cm³/mol. The Labute approximate surface area is 101 Å². The highest BCUT2D eigenvalue weighted by Crippen LogP contribution is 2.29. The second-order valence-electron chi connectivity index (χ2n) is 3.42. The predicted octanol–water partition coefficient (Wildman–Crippen LogP) is 4.55. The molecule has 0 nitrogen and oxygen atoms in total. The van der Waals surface area contributed by atoms with E-state index in [0.717, 1.165) is 23.1 Å². The van der Waals surface area contributed by atoms with E-state index in [1.807, 2.05) is 17.5 Å². The van der Waals surface area contributed by atoms with E-state index in [-0.39, 0.29) is 5.56 Å². The Kier molecular flexibility index (Phi) is 3.56. The molecule has 0 spiro atoms. The van der Waals surface area contributed by atoms with E-state index >= 15 is 0 Å². The van der Waals surface area contributed by atoms with E-state index in [4.69, 9.17) is 11.6 Å². The fourth-order valence-electron chi connectivity index (χ4n) is 1.47. The third-order valence-electron chi connectivity index (χ3n) is 2.26. The molecule has 0 aliphatic rings. The minimum atomic E-state index is -0.533. The van der Waals surface area contributed by atoms with Crippen LogP contribution in [0.15, 0.2) is 35.7 Å². The lowest BCUT2D eigenvalue weighted by Crippen LogP contribution is -1.98. The van der Waals surface area contributed by atoms with Crippen LogP contribution in [-0.2, 0) is 6.42 Å². The minimum Gasteiger partial charge on any atom is -0.207 e. The molecule has 0 fully saturated rings. The van der Waals surface area contributed by atoms with Crippen molar-refractivity contribution in [3.63, 3.8) is 0 Å². The van der Waals surface area contributed by atoms with E-state index in [9.17, 15) is 8.78 Å². The van der Waals surface area contributed by atoms with Crippen molar-refractivity contribution in [2.45, 2.75) is 11.8 Å². The van der Waals surface area contributed by atoms with Gasteiger partial charge in [-0.3, -0.25) is 0 Å². The van der Waals surface area contributed by atoms with Crippen LogP contribution in [0.4, 0.5) is 8.78 Å². The first-order chi connectivity index (χ1) is 7.66. The average Bonchev–Trinajstić information content (AvgIpc) is 2.74. The van der Waals surface area contributed by atoms with Gasteiger partial charge >= 0.3 is 0 Å². The first kappa shape index (κ1) is 11.6. The molecule has 0 amide bonds. The third kappa shape index (κ3) is 2.60. The van der Waals surface area contributed by atoms with Gasteiger partial charge in [-0.2, -0.15) is 0 Å². The molecule has 1 unspecified atom stereocenters. The van der Waals surface area contributed by atoms with Crippen LogP contribution in [0.2, 0.25) is 0 Å². The van der Waals surface area contributed by atoms with Crippen LogP contribution in [0.3, 0.4) is 0 Å². The Morgan fingerprint density at radius 3 is 2.75 bits per heavy atom. The smallest absolute Gasteiger partial charge is 0.128 e. The summed E-state index contributed by atoms with van der Waals surface area (Å²) >= 11 is 7.63. The minimum absolute atomic E-state index is 0.218. The third-order valence-corrected chi connectivity index (χ3v) is 3.54. The largest absolute Gasteiger partial charge is 0.207 e. The Bertz CT molecular complexity index is 468. The van der Waals surface area contributed by atoms with Crippen molar-refractivity contribution in [2.24, 2.45) is 0 Å². The molecule has 4 heteroatoms. The first-order valence-corrected chi connectivity index (χ1v) is 6.10. The molecule has 0 radical (unpaired) electrons. The second kappa shape index (κ2) is 4.93. The summed E-state index contributed by atoms with van der Waals surface area (Å²) in [5, 5.41) is 1.40. The lowest BCUT2D eigenvalue weighted by molar-refractivity contribution is 0.582. The zero-order chi connectivity index (χ0) is 11.5. The Hall–Kier alpha value is -0.930. The summed E-state index contributed by atoms with van der Waals surface area (Å²) in [6.45, 7) is 0. The van der Waals surface area contributed by atoms with Crippen LogP contribution in [-0.4, -0.2) is 0 Å². The van der Waals surface area contributed by atoms with Crippen LogP contribution in [0.1, 0.15) is 15.8 Å². The van der Waals surface area contributed by atoms with Crippen molar-refractivity contribution in [3.05, 3.63) is 57.8 Å². The molecule has 0 N–H and O–H groups in total. The number of hydrogen-bond acceptors (Lipinski definition) is 1. The molecule has 1 atom stereocenters. The fourth-order valence-corrected chi connectivity index (χ4v) is 2.65. The SMILES string of the molecule is Fc1ccc(F)c(C(Cl)Cc2cccs2)c1. The molecule has 1 aromatic heterocycles. The summed E-state index contributed by atoms with van der Waals surface area (Å²) in [4.78, 5) is 1.06. The highest BCUT2D eigenvalue weighted by molar-refractivity contribution is 7.09. The maximum Gasteiger partial charge on any atom is 0.128 e. The summed E-state index contributed by atoms with van der Waals surface area (Å²) in [6.07, 6.45) is 0.513. The van der Waals surface area contributed by atoms with Crippen LogP contribution in [0.25, 0.3) is 0 Å². The Morgan fingerprint density at radius 2 is 2.06 bits per heavy atom. The zero-order valence-corrected chi connectivity index (χ0v) is 9.86. The number of alkyl halides is 1. The van der Waals surface area contributed by atoms with Crippen molar-refractivity contribution in [1.82, 2.24) is 0 Å². The van der Waals surface area contributed by atoms with Gasteiger partial charge in [-0.25, -0.2) is 8.78 Å². The van der Waals surface area contributed by atoms with Crippen molar-refractivity contribution in [1.29, 1.82) is 0 Å². The van der Waals surface area contributed by atoms with Crippen molar-refractivity contribution in [3.8, 4) is 0 Å². The Balaban J connectivity index is 2.20. The fraction of sp³-hybridized carbons (Fsp3) is 0.167. The molecule has 84 valence electrons.